The van der Waals surface area contributed by atoms with Crippen LogP contribution >= 0.6 is 11.6 Å². The summed E-state index contributed by atoms with van der Waals surface area (Å²) in [5.41, 5.74) is 0.538. The fourth-order valence-corrected chi connectivity index (χ4v) is 1.59. The van der Waals surface area contributed by atoms with Crippen molar-refractivity contribution < 1.29 is 10.0 Å². The normalized spacial score (nSPS) is 12.5. The molecule has 17 heavy (non-hydrogen) atoms. The van der Waals surface area contributed by atoms with Gasteiger partial charge in [-0.15, -0.1) is 0 Å². The zero-order chi connectivity index (χ0) is 13.0. The molecule has 0 heterocycles. The molecule has 1 rings (SSSR count). The fraction of sp³-hybridized carbons (Fsp3) is 0.455. The zero-order valence-corrected chi connectivity index (χ0v) is 10.4. The average Bonchev–Trinajstić information content (AvgIpc) is 2.26. The van der Waals surface area contributed by atoms with Gasteiger partial charge in [0.1, 0.15) is 0 Å². The molecule has 0 aliphatic rings. The van der Waals surface area contributed by atoms with Gasteiger partial charge in [0.2, 0.25) is 0 Å². The Kier molecular flexibility index (Phi) is 4.72. The maximum Gasteiger partial charge on any atom is 0.271 e. The standard InChI is InChI=1S/C11H15ClN2O3/c1-7(2)11(6-15)13-10-4-3-8(14(16)17)5-9(10)12/h3-5,7,11,13,15H,6H2,1-2H3/t11-/m1/s1. The number of hydrogen-bond acceptors (Lipinski definition) is 4. The van der Waals surface area contributed by atoms with E-state index in [0.29, 0.717) is 5.69 Å². The van der Waals surface area contributed by atoms with Gasteiger partial charge in [-0.1, -0.05) is 25.4 Å². The minimum absolute atomic E-state index is 0.0228. The van der Waals surface area contributed by atoms with E-state index in [1.165, 1.54) is 12.1 Å². The largest absolute Gasteiger partial charge is 0.394 e. The van der Waals surface area contributed by atoms with Crippen LogP contribution in [0, 0.1) is 16.0 Å². The lowest BCUT2D eigenvalue weighted by Crippen LogP contribution is -2.29. The van der Waals surface area contributed by atoms with Gasteiger partial charge in [-0.25, -0.2) is 0 Å². The van der Waals surface area contributed by atoms with Gasteiger partial charge < -0.3 is 10.4 Å². The molecule has 0 aliphatic heterocycles. The first kappa shape index (κ1) is 13.7. The van der Waals surface area contributed by atoms with Crippen LogP contribution in [-0.4, -0.2) is 22.7 Å². The van der Waals surface area contributed by atoms with E-state index in [0.717, 1.165) is 0 Å². The summed E-state index contributed by atoms with van der Waals surface area (Å²) in [6.07, 6.45) is 0. The third kappa shape index (κ3) is 3.57. The number of non-ortho nitro benzene ring substituents is 1. The van der Waals surface area contributed by atoms with E-state index in [-0.39, 0.29) is 29.3 Å². The topological polar surface area (TPSA) is 75.4 Å². The zero-order valence-electron chi connectivity index (χ0n) is 9.68. The predicted molar refractivity (Wildman–Crippen MR) is 67.4 cm³/mol. The molecule has 0 saturated carbocycles. The summed E-state index contributed by atoms with van der Waals surface area (Å²) in [5, 5.41) is 23.0. The number of aliphatic hydroxyl groups is 1. The molecule has 1 atom stereocenters. The molecule has 0 saturated heterocycles. The molecule has 1 aromatic carbocycles. The van der Waals surface area contributed by atoms with Crippen molar-refractivity contribution in [1.82, 2.24) is 0 Å². The highest BCUT2D eigenvalue weighted by Gasteiger charge is 2.15. The molecule has 6 heteroatoms. The molecule has 5 nitrogen and oxygen atoms in total. The van der Waals surface area contributed by atoms with Gasteiger partial charge in [0.25, 0.3) is 5.69 Å². The quantitative estimate of drug-likeness (QED) is 0.629. The predicted octanol–water partition coefficient (Wildman–Crippen LogP) is 2.68. The Morgan fingerprint density at radius 1 is 1.53 bits per heavy atom. The Balaban J connectivity index is 2.89. The second kappa shape index (κ2) is 5.84. The van der Waals surface area contributed by atoms with E-state index in [1.807, 2.05) is 13.8 Å². The number of nitrogens with one attached hydrogen (secondary N) is 1. The van der Waals surface area contributed by atoms with E-state index < -0.39 is 4.92 Å². The summed E-state index contributed by atoms with van der Waals surface area (Å²) >= 11 is 5.93. The minimum Gasteiger partial charge on any atom is -0.394 e. The smallest absolute Gasteiger partial charge is 0.271 e. The van der Waals surface area contributed by atoms with E-state index in [1.54, 1.807) is 6.07 Å². The van der Waals surface area contributed by atoms with Crippen molar-refractivity contribution in [2.24, 2.45) is 5.92 Å². The molecule has 0 amide bonds. The Morgan fingerprint density at radius 3 is 2.59 bits per heavy atom. The van der Waals surface area contributed by atoms with Crippen molar-refractivity contribution in [3.8, 4) is 0 Å². The maximum atomic E-state index is 10.5. The van der Waals surface area contributed by atoms with Gasteiger partial charge >= 0.3 is 0 Å². The number of nitrogens with zero attached hydrogens (tertiary/aromatic N) is 1. The lowest BCUT2D eigenvalue weighted by atomic mass is 10.1. The maximum absolute atomic E-state index is 10.5. The molecule has 0 aliphatic carbocycles. The number of aliphatic hydroxyl groups excluding tert-OH is 1. The van der Waals surface area contributed by atoms with Crippen LogP contribution in [0.3, 0.4) is 0 Å². The second-order valence-electron chi connectivity index (χ2n) is 4.10. The van der Waals surface area contributed by atoms with Crippen molar-refractivity contribution in [2.45, 2.75) is 19.9 Å². The summed E-state index contributed by atoms with van der Waals surface area (Å²) in [4.78, 5) is 10.0. The molecule has 0 unspecified atom stereocenters. The van der Waals surface area contributed by atoms with Gasteiger partial charge in [0, 0.05) is 12.1 Å². The lowest BCUT2D eigenvalue weighted by molar-refractivity contribution is -0.384. The van der Waals surface area contributed by atoms with E-state index >= 15 is 0 Å². The lowest BCUT2D eigenvalue weighted by Gasteiger charge is -2.21. The number of benzene rings is 1. The SMILES string of the molecule is CC(C)[C@@H](CO)Nc1ccc([N+](=O)[O-])cc1Cl. The van der Waals surface area contributed by atoms with Gasteiger partial charge in [-0.3, -0.25) is 10.1 Å². The number of nitro benzene ring substituents is 1. The summed E-state index contributed by atoms with van der Waals surface area (Å²) < 4.78 is 0. The third-order valence-corrected chi connectivity index (χ3v) is 2.82. The first-order valence-corrected chi connectivity index (χ1v) is 5.64. The molecular formula is C11H15ClN2O3. The fourth-order valence-electron chi connectivity index (χ4n) is 1.36. The Morgan fingerprint density at radius 2 is 2.18 bits per heavy atom. The van der Waals surface area contributed by atoms with Crippen molar-refractivity contribution in [3.05, 3.63) is 33.3 Å². The highest BCUT2D eigenvalue weighted by atomic mass is 35.5. The molecule has 94 valence electrons. The molecule has 2 N–H and O–H groups in total. The van der Waals surface area contributed by atoms with Crippen LogP contribution in [0.2, 0.25) is 5.02 Å². The number of anilines is 1. The van der Waals surface area contributed by atoms with Crippen molar-refractivity contribution in [3.63, 3.8) is 0 Å². The number of hydrogen-bond donors (Lipinski definition) is 2. The summed E-state index contributed by atoms with van der Waals surface area (Å²) in [6.45, 7) is 3.91. The highest BCUT2D eigenvalue weighted by Crippen LogP contribution is 2.27. The molecule has 0 aromatic heterocycles. The molecule has 0 radical (unpaired) electrons. The summed E-state index contributed by atoms with van der Waals surface area (Å²) in [5.74, 6) is 0.228. The van der Waals surface area contributed by atoms with Crippen LogP contribution in [0.15, 0.2) is 18.2 Å². The first-order chi connectivity index (χ1) is 7.95. The van der Waals surface area contributed by atoms with E-state index in [2.05, 4.69) is 5.32 Å². The number of nitro groups is 1. The third-order valence-electron chi connectivity index (χ3n) is 2.51. The van der Waals surface area contributed by atoms with Crippen LogP contribution in [0.5, 0.6) is 0 Å². The Bertz CT molecular complexity index is 410. The molecule has 0 spiro atoms. The molecular weight excluding hydrogens is 244 g/mol. The van der Waals surface area contributed by atoms with Crippen molar-refractivity contribution >= 4 is 23.0 Å². The van der Waals surface area contributed by atoms with Gasteiger partial charge in [-0.05, 0) is 12.0 Å². The van der Waals surface area contributed by atoms with E-state index in [9.17, 15) is 15.2 Å². The van der Waals surface area contributed by atoms with Crippen LogP contribution in [0.1, 0.15) is 13.8 Å². The second-order valence-corrected chi connectivity index (χ2v) is 4.51. The Labute approximate surface area is 105 Å². The average molecular weight is 259 g/mol. The van der Waals surface area contributed by atoms with Crippen molar-refractivity contribution in [2.75, 3.05) is 11.9 Å². The van der Waals surface area contributed by atoms with Crippen LogP contribution in [0.25, 0.3) is 0 Å². The Hall–Kier alpha value is -1.33. The van der Waals surface area contributed by atoms with Crippen LogP contribution in [-0.2, 0) is 0 Å². The first-order valence-electron chi connectivity index (χ1n) is 5.27. The van der Waals surface area contributed by atoms with Gasteiger partial charge in [0.05, 0.1) is 28.3 Å². The minimum atomic E-state index is -0.498. The van der Waals surface area contributed by atoms with Gasteiger partial charge in [-0.2, -0.15) is 0 Å². The van der Waals surface area contributed by atoms with Crippen LogP contribution in [0.4, 0.5) is 11.4 Å². The number of halogens is 1. The molecule has 0 fully saturated rings. The highest BCUT2D eigenvalue weighted by molar-refractivity contribution is 6.33. The van der Waals surface area contributed by atoms with Gasteiger partial charge in [0.15, 0.2) is 0 Å². The van der Waals surface area contributed by atoms with Crippen molar-refractivity contribution in [1.29, 1.82) is 0 Å². The van der Waals surface area contributed by atoms with Crippen LogP contribution < -0.4 is 5.32 Å². The number of rotatable bonds is 5. The molecule has 0 bridgehead atoms. The molecule has 1 aromatic rings. The summed E-state index contributed by atoms with van der Waals surface area (Å²) in [6, 6.07) is 4.08. The monoisotopic (exact) mass is 258 g/mol. The van der Waals surface area contributed by atoms with E-state index in [4.69, 9.17) is 11.6 Å². The summed E-state index contributed by atoms with van der Waals surface area (Å²) in [7, 11) is 0.